The molecule has 0 unspecified atom stereocenters. The summed E-state index contributed by atoms with van der Waals surface area (Å²) >= 11 is 0. The van der Waals surface area contributed by atoms with Gasteiger partial charge in [-0.25, -0.2) is 0 Å². The van der Waals surface area contributed by atoms with Crippen LogP contribution in [0.4, 0.5) is 34.1 Å². The SMILES string of the molecule is c1ccc(-c2ccc(N(c3ccccc3)c3cccc(N(c4ccccc4)c4ccc(-c5ccccc5)cc4)c3)cc2)cc1. The zero-order valence-corrected chi connectivity index (χ0v) is 24.4. The summed E-state index contributed by atoms with van der Waals surface area (Å²) in [5.41, 5.74) is 11.4. The first-order valence-corrected chi connectivity index (χ1v) is 14.9. The van der Waals surface area contributed by atoms with Crippen molar-refractivity contribution in [3.63, 3.8) is 0 Å². The van der Waals surface area contributed by atoms with Crippen LogP contribution in [0.25, 0.3) is 22.3 Å². The zero-order chi connectivity index (χ0) is 29.6. The average Bonchev–Trinajstić information content (AvgIpc) is 3.11. The third-order valence-electron chi connectivity index (χ3n) is 7.84. The highest BCUT2D eigenvalue weighted by atomic mass is 15.2. The maximum Gasteiger partial charge on any atom is 0.0482 e. The van der Waals surface area contributed by atoms with Crippen molar-refractivity contribution in [2.75, 3.05) is 9.80 Å². The Kier molecular flexibility index (Phi) is 7.71. The molecular formula is C42H32N2. The lowest BCUT2D eigenvalue weighted by Gasteiger charge is -2.29. The van der Waals surface area contributed by atoms with E-state index < -0.39 is 0 Å². The van der Waals surface area contributed by atoms with E-state index in [2.05, 4.69) is 204 Å². The molecule has 0 N–H and O–H groups in total. The van der Waals surface area contributed by atoms with E-state index in [1.54, 1.807) is 0 Å². The van der Waals surface area contributed by atoms with Crippen molar-refractivity contribution >= 4 is 34.1 Å². The van der Waals surface area contributed by atoms with Crippen molar-refractivity contribution < 1.29 is 0 Å². The molecule has 44 heavy (non-hydrogen) atoms. The highest BCUT2D eigenvalue weighted by Gasteiger charge is 2.17. The smallest absolute Gasteiger partial charge is 0.0482 e. The minimum atomic E-state index is 1.09. The Hall–Kier alpha value is -5.86. The lowest BCUT2D eigenvalue weighted by molar-refractivity contribution is 1.25. The molecule has 0 bridgehead atoms. The summed E-state index contributed by atoms with van der Waals surface area (Å²) in [7, 11) is 0. The van der Waals surface area contributed by atoms with Crippen LogP contribution in [-0.2, 0) is 0 Å². The van der Waals surface area contributed by atoms with Gasteiger partial charge in [0, 0.05) is 34.1 Å². The summed E-state index contributed by atoms with van der Waals surface area (Å²) in [4.78, 5) is 4.64. The van der Waals surface area contributed by atoms with Crippen LogP contribution < -0.4 is 9.80 Å². The van der Waals surface area contributed by atoms with Gasteiger partial charge in [-0.2, -0.15) is 0 Å². The first-order chi connectivity index (χ1) is 21.8. The summed E-state index contributed by atoms with van der Waals surface area (Å²) in [6.07, 6.45) is 0. The summed E-state index contributed by atoms with van der Waals surface area (Å²) in [6, 6.07) is 68.6. The molecule has 2 nitrogen and oxygen atoms in total. The Morgan fingerprint density at radius 2 is 0.477 bits per heavy atom. The summed E-state index contributed by atoms with van der Waals surface area (Å²) in [6.45, 7) is 0. The van der Waals surface area contributed by atoms with E-state index in [0.717, 1.165) is 34.1 Å². The molecule has 210 valence electrons. The van der Waals surface area contributed by atoms with Crippen molar-refractivity contribution in [1.29, 1.82) is 0 Å². The molecule has 0 aliphatic rings. The van der Waals surface area contributed by atoms with E-state index in [4.69, 9.17) is 0 Å². The molecule has 0 saturated carbocycles. The molecule has 0 fully saturated rings. The largest absolute Gasteiger partial charge is 0.310 e. The fraction of sp³-hybridized carbons (Fsp3) is 0. The van der Waals surface area contributed by atoms with E-state index in [1.807, 2.05) is 0 Å². The van der Waals surface area contributed by atoms with Gasteiger partial charge in [-0.3, -0.25) is 0 Å². The monoisotopic (exact) mass is 564 g/mol. The standard InChI is InChI=1S/C42H32N2/c1-5-14-33(15-6-1)35-24-28-39(29-25-35)43(37-18-9-3-10-19-37)41-22-13-23-42(32-41)44(38-20-11-4-12-21-38)40-30-26-36(27-31-40)34-16-7-2-8-17-34/h1-32H. The Bertz CT molecular complexity index is 1780. The predicted molar refractivity (Wildman–Crippen MR) is 187 cm³/mol. The quantitative estimate of drug-likeness (QED) is 0.181. The van der Waals surface area contributed by atoms with Crippen molar-refractivity contribution in [3.05, 3.63) is 194 Å². The van der Waals surface area contributed by atoms with Gasteiger partial charge >= 0.3 is 0 Å². The number of nitrogens with zero attached hydrogens (tertiary/aromatic N) is 2. The Labute approximate surface area is 259 Å². The van der Waals surface area contributed by atoms with Crippen molar-refractivity contribution in [1.82, 2.24) is 0 Å². The van der Waals surface area contributed by atoms with Crippen molar-refractivity contribution in [3.8, 4) is 22.3 Å². The van der Waals surface area contributed by atoms with Crippen LogP contribution in [0.5, 0.6) is 0 Å². The minimum absolute atomic E-state index is 1.09. The number of hydrogen-bond acceptors (Lipinski definition) is 2. The number of anilines is 6. The van der Waals surface area contributed by atoms with Crippen LogP contribution >= 0.6 is 0 Å². The average molecular weight is 565 g/mol. The van der Waals surface area contributed by atoms with Crippen LogP contribution in [0.3, 0.4) is 0 Å². The molecule has 0 saturated heterocycles. The highest BCUT2D eigenvalue weighted by molar-refractivity contribution is 5.84. The topological polar surface area (TPSA) is 6.48 Å². The van der Waals surface area contributed by atoms with Gasteiger partial charge in [-0.1, -0.05) is 127 Å². The lowest BCUT2D eigenvalue weighted by atomic mass is 10.0. The first kappa shape index (κ1) is 27.0. The first-order valence-electron chi connectivity index (χ1n) is 14.9. The number of para-hydroxylation sites is 2. The molecule has 0 atom stereocenters. The van der Waals surface area contributed by atoms with E-state index in [-0.39, 0.29) is 0 Å². The van der Waals surface area contributed by atoms with Crippen LogP contribution in [0.15, 0.2) is 194 Å². The summed E-state index contributed by atoms with van der Waals surface area (Å²) < 4.78 is 0. The van der Waals surface area contributed by atoms with Crippen LogP contribution in [0.2, 0.25) is 0 Å². The van der Waals surface area contributed by atoms with Crippen LogP contribution in [0, 0.1) is 0 Å². The molecule has 0 heterocycles. The molecule has 0 aromatic heterocycles. The second-order valence-electron chi connectivity index (χ2n) is 10.7. The van der Waals surface area contributed by atoms with Gasteiger partial charge in [0.1, 0.15) is 0 Å². The molecule has 2 heteroatoms. The number of rotatable bonds is 8. The van der Waals surface area contributed by atoms with E-state index in [9.17, 15) is 0 Å². The molecular weight excluding hydrogens is 532 g/mol. The number of benzene rings is 7. The molecule has 7 aromatic carbocycles. The van der Waals surface area contributed by atoms with E-state index in [0.29, 0.717) is 0 Å². The van der Waals surface area contributed by atoms with Crippen LogP contribution in [-0.4, -0.2) is 0 Å². The maximum absolute atomic E-state index is 2.32. The van der Waals surface area contributed by atoms with Gasteiger partial charge < -0.3 is 9.80 Å². The van der Waals surface area contributed by atoms with Crippen molar-refractivity contribution in [2.45, 2.75) is 0 Å². The van der Waals surface area contributed by atoms with Crippen LogP contribution in [0.1, 0.15) is 0 Å². The normalized spacial score (nSPS) is 10.7. The molecule has 0 spiro atoms. The molecule has 0 radical (unpaired) electrons. The highest BCUT2D eigenvalue weighted by Crippen LogP contribution is 2.41. The Morgan fingerprint density at radius 1 is 0.205 bits per heavy atom. The van der Waals surface area contributed by atoms with E-state index in [1.165, 1.54) is 22.3 Å². The Balaban J connectivity index is 1.30. The third kappa shape index (κ3) is 5.74. The molecule has 0 amide bonds. The molecule has 0 aliphatic carbocycles. The zero-order valence-electron chi connectivity index (χ0n) is 24.4. The summed E-state index contributed by atoms with van der Waals surface area (Å²) in [5, 5.41) is 0. The Morgan fingerprint density at radius 3 is 0.841 bits per heavy atom. The fourth-order valence-corrected chi connectivity index (χ4v) is 5.69. The molecule has 7 rings (SSSR count). The van der Waals surface area contributed by atoms with Gasteiger partial charge in [0.05, 0.1) is 0 Å². The third-order valence-corrected chi connectivity index (χ3v) is 7.84. The van der Waals surface area contributed by atoms with E-state index >= 15 is 0 Å². The van der Waals surface area contributed by atoms with Gasteiger partial charge in [-0.15, -0.1) is 0 Å². The second kappa shape index (κ2) is 12.6. The summed E-state index contributed by atoms with van der Waals surface area (Å²) in [5.74, 6) is 0. The number of hydrogen-bond donors (Lipinski definition) is 0. The van der Waals surface area contributed by atoms with Gasteiger partial charge in [0.25, 0.3) is 0 Å². The van der Waals surface area contributed by atoms with Gasteiger partial charge in [0.15, 0.2) is 0 Å². The maximum atomic E-state index is 2.32. The molecule has 7 aromatic rings. The molecule has 0 aliphatic heterocycles. The second-order valence-corrected chi connectivity index (χ2v) is 10.7. The predicted octanol–water partition coefficient (Wildman–Crippen LogP) is 12.0. The lowest BCUT2D eigenvalue weighted by Crippen LogP contribution is -2.13. The van der Waals surface area contributed by atoms with Gasteiger partial charge in [-0.05, 0) is 89.0 Å². The van der Waals surface area contributed by atoms with Crippen molar-refractivity contribution in [2.24, 2.45) is 0 Å². The minimum Gasteiger partial charge on any atom is -0.310 e. The van der Waals surface area contributed by atoms with Gasteiger partial charge in [0.2, 0.25) is 0 Å². The fourth-order valence-electron chi connectivity index (χ4n) is 5.69.